The molecule has 5 nitrogen and oxygen atoms in total. The molecule has 0 spiro atoms. The van der Waals surface area contributed by atoms with E-state index in [0.717, 1.165) is 11.8 Å². The topological polar surface area (TPSA) is 76.4 Å². The Hall–Kier alpha value is -2.55. The number of rotatable bonds is 2. The molecule has 0 aliphatic carbocycles. The lowest BCUT2D eigenvalue weighted by molar-refractivity contribution is -0.149. The van der Waals surface area contributed by atoms with Crippen LogP contribution >= 0.6 is 0 Å². The zero-order valence-electron chi connectivity index (χ0n) is 10.6. The molecule has 1 unspecified atom stereocenters. The minimum absolute atomic E-state index is 0.108. The molecule has 1 fully saturated rings. The Labute approximate surface area is 114 Å². The van der Waals surface area contributed by atoms with Gasteiger partial charge < -0.3 is 15.3 Å². The summed E-state index contributed by atoms with van der Waals surface area (Å²) < 4.78 is 14.3. The van der Waals surface area contributed by atoms with E-state index >= 15 is 0 Å². The van der Waals surface area contributed by atoms with Gasteiger partial charge >= 0.3 is 5.97 Å². The monoisotopic (exact) mass is 273 g/mol. The third-order valence-electron chi connectivity index (χ3n) is 3.97. The first kappa shape index (κ1) is 12.5. The highest BCUT2D eigenvalue weighted by Gasteiger charge is 2.53. The number of benzene rings is 1. The molecule has 2 aliphatic heterocycles. The molecule has 1 saturated heterocycles. The third kappa shape index (κ3) is 1.50. The van der Waals surface area contributed by atoms with Gasteiger partial charge in [-0.05, 0) is 25.0 Å². The molecule has 2 aliphatic rings. The van der Waals surface area contributed by atoms with Gasteiger partial charge in [0, 0.05) is 17.5 Å². The third-order valence-corrected chi connectivity index (χ3v) is 3.97. The molecule has 0 amide bonds. The lowest BCUT2D eigenvalue weighted by Crippen LogP contribution is -2.48. The summed E-state index contributed by atoms with van der Waals surface area (Å²) in [5, 5.41) is 21.4. The standard InChI is InChI=1S/C14H12FN3O2/c15-12-5-9(6-16)1-2-11(12)14(13(19)20)4-3-10-7-17-8-18(10)14/h1-2,5,7,17H,3-4,8H2,(H,19,20). The predicted molar refractivity (Wildman–Crippen MR) is 67.6 cm³/mol. The Balaban J connectivity index is 2.16. The molecule has 0 bridgehead atoms. The van der Waals surface area contributed by atoms with Crippen molar-refractivity contribution >= 4 is 5.97 Å². The minimum Gasteiger partial charge on any atom is -0.479 e. The summed E-state index contributed by atoms with van der Waals surface area (Å²) in [6.45, 7) is 0.348. The summed E-state index contributed by atoms with van der Waals surface area (Å²) in [5.74, 6) is -1.73. The summed E-state index contributed by atoms with van der Waals surface area (Å²) in [4.78, 5) is 13.5. The Morgan fingerprint density at radius 2 is 2.35 bits per heavy atom. The molecule has 0 saturated carbocycles. The van der Waals surface area contributed by atoms with Crippen molar-refractivity contribution < 1.29 is 14.3 Å². The molecule has 1 atom stereocenters. The summed E-state index contributed by atoms with van der Waals surface area (Å²) in [6, 6.07) is 5.80. The Bertz CT molecular complexity index is 665. The minimum atomic E-state index is -1.40. The van der Waals surface area contributed by atoms with Crippen LogP contribution in [-0.2, 0) is 10.3 Å². The SMILES string of the molecule is N#Cc1ccc(C2(C(=O)O)CCC3=CNCN32)c(F)c1. The van der Waals surface area contributed by atoms with Gasteiger partial charge in [-0.1, -0.05) is 6.07 Å². The Kier molecular flexibility index (Phi) is 2.64. The van der Waals surface area contributed by atoms with E-state index in [9.17, 15) is 14.3 Å². The van der Waals surface area contributed by atoms with Crippen LogP contribution in [0.15, 0.2) is 30.1 Å². The van der Waals surface area contributed by atoms with Crippen LogP contribution in [0.5, 0.6) is 0 Å². The van der Waals surface area contributed by atoms with Crippen LogP contribution in [0, 0.1) is 17.1 Å². The van der Waals surface area contributed by atoms with E-state index in [2.05, 4.69) is 5.32 Å². The van der Waals surface area contributed by atoms with Gasteiger partial charge in [0.05, 0.1) is 18.3 Å². The number of carboxylic acids is 1. The van der Waals surface area contributed by atoms with E-state index in [1.807, 2.05) is 6.07 Å². The van der Waals surface area contributed by atoms with Crippen molar-refractivity contribution in [2.75, 3.05) is 6.67 Å². The molecule has 0 radical (unpaired) electrons. The van der Waals surface area contributed by atoms with E-state index in [1.54, 1.807) is 11.1 Å². The van der Waals surface area contributed by atoms with Gasteiger partial charge in [0.2, 0.25) is 0 Å². The first-order valence-corrected chi connectivity index (χ1v) is 6.23. The maximum Gasteiger partial charge on any atom is 0.334 e. The van der Waals surface area contributed by atoms with Gasteiger partial charge in [0.15, 0.2) is 5.54 Å². The number of nitrogens with zero attached hydrogens (tertiary/aromatic N) is 2. The number of carbonyl (C=O) groups is 1. The van der Waals surface area contributed by atoms with Crippen molar-refractivity contribution in [2.24, 2.45) is 0 Å². The normalized spacial score (nSPS) is 23.8. The average Bonchev–Trinajstić information content (AvgIpc) is 3.00. The molecular formula is C14H12FN3O2. The van der Waals surface area contributed by atoms with Crippen molar-refractivity contribution in [3.05, 3.63) is 47.0 Å². The fourth-order valence-electron chi connectivity index (χ4n) is 3.00. The van der Waals surface area contributed by atoms with E-state index in [4.69, 9.17) is 5.26 Å². The second-order valence-corrected chi connectivity index (χ2v) is 4.90. The van der Waals surface area contributed by atoms with Crippen LogP contribution in [-0.4, -0.2) is 22.6 Å². The van der Waals surface area contributed by atoms with Crippen LogP contribution in [0.2, 0.25) is 0 Å². The number of fused-ring (bicyclic) bond motifs is 1. The molecule has 6 heteroatoms. The van der Waals surface area contributed by atoms with Gasteiger partial charge in [0.1, 0.15) is 5.82 Å². The summed E-state index contributed by atoms with van der Waals surface area (Å²) in [6.07, 6.45) is 2.67. The molecule has 3 rings (SSSR count). The number of allylic oxidation sites excluding steroid dienone is 1. The summed E-state index contributed by atoms with van der Waals surface area (Å²) in [7, 11) is 0. The van der Waals surface area contributed by atoms with Crippen LogP contribution in [0.25, 0.3) is 0 Å². The van der Waals surface area contributed by atoms with Crippen LogP contribution in [0.1, 0.15) is 24.0 Å². The highest BCUT2D eigenvalue weighted by molar-refractivity contribution is 5.82. The second kappa shape index (κ2) is 4.23. The van der Waals surface area contributed by atoms with Gasteiger partial charge in [-0.3, -0.25) is 0 Å². The van der Waals surface area contributed by atoms with Gasteiger partial charge in [-0.25, -0.2) is 9.18 Å². The Morgan fingerprint density at radius 1 is 1.55 bits per heavy atom. The summed E-state index contributed by atoms with van der Waals surface area (Å²) >= 11 is 0. The number of hydrogen-bond donors (Lipinski definition) is 2. The predicted octanol–water partition coefficient (Wildman–Crippen LogP) is 1.48. The number of halogens is 1. The highest BCUT2D eigenvalue weighted by atomic mass is 19.1. The zero-order chi connectivity index (χ0) is 14.3. The quantitative estimate of drug-likeness (QED) is 0.853. The second-order valence-electron chi connectivity index (χ2n) is 4.90. The number of carboxylic acid groups (broad SMARTS) is 1. The van der Waals surface area contributed by atoms with Crippen molar-refractivity contribution in [2.45, 2.75) is 18.4 Å². The van der Waals surface area contributed by atoms with Crippen LogP contribution in [0.3, 0.4) is 0 Å². The maximum absolute atomic E-state index is 14.3. The summed E-state index contributed by atoms with van der Waals surface area (Å²) in [5.41, 5.74) is -0.236. The van der Waals surface area contributed by atoms with Crippen molar-refractivity contribution in [1.29, 1.82) is 5.26 Å². The average molecular weight is 273 g/mol. The molecule has 1 aromatic carbocycles. The van der Waals surface area contributed by atoms with Crippen LogP contribution < -0.4 is 5.32 Å². The van der Waals surface area contributed by atoms with E-state index in [0.29, 0.717) is 19.5 Å². The fourth-order valence-corrected chi connectivity index (χ4v) is 3.00. The lowest BCUT2D eigenvalue weighted by atomic mass is 9.86. The smallest absolute Gasteiger partial charge is 0.334 e. The number of nitrogens with one attached hydrogen (secondary N) is 1. The van der Waals surface area contributed by atoms with E-state index < -0.39 is 17.3 Å². The molecule has 2 heterocycles. The maximum atomic E-state index is 14.3. The Morgan fingerprint density at radius 3 is 3.00 bits per heavy atom. The first-order valence-electron chi connectivity index (χ1n) is 6.23. The lowest BCUT2D eigenvalue weighted by Gasteiger charge is -2.34. The van der Waals surface area contributed by atoms with Gasteiger partial charge in [-0.2, -0.15) is 5.26 Å². The van der Waals surface area contributed by atoms with Crippen molar-refractivity contribution in [3.63, 3.8) is 0 Å². The zero-order valence-corrected chi connectivity index (χ0v) is 10.6. The van der Waals surface area contributed by atoms with Gasteiger partial charge in [-0.15, -0.1) is 0 Å². The van der Waals surface area contributed by atoms with Crippen molar-refractivity contribution in [3.8, 4) is 6.07 Å². The number of aliphatic carboxylic acids is 1. The largest absolute Gasteiger partial charge is 0.479 e. The molecular weight excluding hydrogens is 261 g/mol. The van der Waals surface area contributed by atoms with E-state index in [1.165, 1.54) is 12.1 Å². The molecule has 0 aromatic heterocycles. The van der Waals surface area contributed by atoms with Crippen LogP contribution in [0.4, 0.5) is 4.39 Å². The fraction of sp³-hybridized carbons (Fsp3) is 0.286. The molecule has 20 heavy (non-hydrogen) atoms. The van der Waals surface area contributed by atoms with Crippen molar-refractivity contribution in [1.82, 2.24) is 10.2 Å². The molecule has 102 valence electrons. The first-order chi connectivity index (χ1) is 9.59. The van der Waals surface area contributed by atoms with Gasteiger partial charge in [0.25, 0.3) is 0 Å². The van der Waals surface area contributed by atoms with E-state index in [-0.39, 0.29) is 11.1 Å². The molecule has 2 N–H and O–H groups in total. The number of nitriles is 1. The highest BCUT2D eigenvalue weighted by Crippen LogP contribution is 2.46. The molecule has 1 aromatic rings. The number of hydrogen-bond acceptors (Lipinski definition) is 4.